The summed E-state index contributed by atoms with van der Waals surface area (Å²) in [6, 6.07) is 0.260. The standard InChI is InChI=1S/C15H21FN4O2/c16-10-6-15(3-1-5-20(15)8-10)9-22-14-18-12-7-17-4-2-11(12)13(21)19-14/h10,17H,1-9H2,(H,18,19,21)/t10-,15+/m1/s1. The Balaban J connectivity index is 1.52. The molecule has 6 nitrogen and oxygen atoms in total. The number of alkyl halides is 1. The summed E-state index contributed by atoms with van der Waals surface area (Å²) in [4.78, 5) is 21.4. The molecule has 3 aliphatic rings. The van der Waals surface area contributed by atoms with Crippen molar-refractivity contribution in [2.24, 2.45) is 0 Å². The van der Waals surface area contributed by atoms with Gasteiger partial charge in [0.1, 0.15) is 12.8 Å². The molecule has 2 saturated heterocycles. The van der Waals surface area contributed by atoms with Crippen molar-refractivity contribution in [2.75, 3.05) is 26.2 Å². The summed E-state index contributed by atoms with van der Waals surface area (Å²) in [6.07, 6.45) is 2.46. The van der Waals surface area contributed by atoms with Gasteiger partial charge in [0.25, 0.3) is 11.6 Å². The van der Waals surface area contributed by atoms with Crippen LogP contribution in [0.5, 0.6) is 6.01 Å². The number of hydrogen-bond acceptors (Lipinski definition) is 5. The van der Waals surface area contributed by atoms with E-state index >= 15 is 0 Å². The fourth-order valence-corrected chi connectivity index (χ4v) is 4.07. The van der Waals surface area contributed by atoms with Crippen LogP contribution in [-0.4, -0.2) is 52.8 Å². The molecule has 3 aliphatic heterocycles. The van der Waals surface area contributed by atoms with E-state index in [1.807, 2.05) is 0 Å². The number of halogens is 1. The van der Waals surface area contributed by atoms with Crippen molar-refractivity contribution in [3.63, 3.8) is 0 Å². The second-order valence-corrected chi connectivity index (χ2v) is 6.59. The molecule has 1 aromatic heterocycles. The van der Waals surface area contributed by atoms with Crippen LogP contribution in [0.4, 0.5) is 4.39 Å². The van der Waals surface area contributed by atoms with E-state index in [0.717, 1.165) is 37.2 Å². The number of rotatable bonds is 3. The minimum Gasteiger partial charge on any atom is -0.463 e. The Kier molecular flexibility index (Phi) is 3.41. The maximum Gasteiger partial charge on any atom is 0.296 e. The Labute approximate surface area is 128 Å². The van der Waals surface area contributed by atoms with E-state index in [1.165, 1.54) is 0 Å². The van der Waals surface area contributed by atoms with Crippen molar-refractivity contribution < 1.29 is 9.13 Å². The first kappa shape index (κ1) is 14.1. The van der Waals surface area contributed by atoms with E-state index in [4.69, 9.17) is 4.74 Å². The van der Waals surface area contributed by atoms with Gasteiger partial charge in [0.2, 0.25) is 0 Å². The van der Waals surface area contributed by atoms with Crippen LogP contribution < -0.4 is 15.6 Å². The van der Waals surface area contributed by atoms with Gasteiger partial charge in [-0.2, -0.15) is 0 Å². The van der Waals surface area contributed by atoms with Gasteiger partial charge in [0.05, 0.1) is 11.2 Å². The van der Waals surface area contributed by atoms with Crippen molar-refractivity contribution in [1.82, 2.24) is 20.2 Å². The first-order valence-electron chi connectivity index (χ1n) is 8.01. The van der Waals surface area contributed by atoms with Crippen LogP contribution >= 0.6 is 0 Å². The molecule has 0 amide bonds. The van der Waals surface area contributed by atoms with E-state index in [-0.39, 0.29) is 17.1 Å². The predicted octanol–water partition coefficient (Wildman–Crippen LogP) is 0.371. The lowest BCUT2D eigenvalue weighted by atomic mass is 9.95. The average molecular weight is 308 g/mol. The molecule has 0 aliphatic carbocycles. The van der Waals surface area contributed by atoms with Crippen molar-refractivity contribution in [3.8, 4) is 6.01 Å². The van der Waals surface area contributed by atoms with Gasteiger partial charge < -0.3 is 10.1 Å². The Bertz CT molecular complexity index is 634. The number of fused-ring (bicyclic) bond motifs is 2. The van der Waals surface area contributed by atoms with Gasteiger partial charge in [-0.15, -0.1) is 0 Å². The van der Waals surface area contributed by atoms with Crippen LogP contribution in [0.2, 0.25) is 0 Å². The Hall–Kier alpha value is -1.47. The number of hydrogen-bond donors (Lipinski definition) is 2. The van der Waals surface area contributed by atoms with Crippen LogP contribution in [0, 0.1) is 0 Å². The van der Waals surface area contributed by atoms with Crippen molar-refractivity contribution in [3.05, 3.63) is 21.6 Å². The van der Waals surface area contributed by atoms with E-state index in [9.17, 15) is 9.18 Å². The minimum atomic E-state index is -0.774. The molecule has 0 radical (unpaired) electrons. The van der Waals surface area contributed by atoms with Crippen LogP contribution in [0.3, 0.4) is 0 Å². The molecular weight excluding hydrogens is 287 g/mol. The second-order valence-electron chi connectivity index (χ2n) is 6.59. The highest BCUT2D eigenvalue weighted by Gasteiger charge is 2.49. The molecule has 4 rings (SSSR count). The fraction of sp³-hybridized carbons (Fsp3) is 0.733. The predicted molar refractivity (Wildman–Crippen MR) is 78.8 cm³/mol. The molecule has 120 valence electrons. The monoisotopic (exact) mass is 308 g/mol. The summed E-state index contributed by atoms with van der Waals surface area (Å²) in [5.74, 6) is 0. The number of nitrogens with zero attached hydrogens (tertiary/aromatic N) is 2. The van der Waals surface area contributed by atoms with Crippen LogP contribution in [0.25, 0.3) is 0 Å². The molecule has 2 N–H and O–H groups in total. The lowest BCUT2D eigenvalue weighted by Crippen LogP contribution is -2.43. The lowest BCUT2D eigenvalue weighted by molar-refractivity contribution is 0.107. The Morgan fingerprint density at radius 2 is 2.41 bits per heavy atom. The molecule has 7 heteroatoms. The van der Waals surface area contributed by atoms with Crippen LogP contribution in [0.15, 0.2) is 4.79 Å². The normalized spacial score (nSPS) is 31.0. The summed E-state index contributed by atoms with van der Waals surface area (Å²) in [7, 11) is 0. The van der Waals surface area contributed by atoms with Gasteiger partial charge in [-0.1, -0.05) is 0 Å². The number of aromatic nitrogens is 2. The van der Waals surface area contributed by atoms with Crippen molar-refractivity contribution >= 4 is 0 Å². The second kappa shape index (κ2) is 5.31. The quantitative estimate of drug-likeness (QED) is 0.844. The van der Waals surface area contributed by atoms with E-state index in [0.29, 0.717) is 32.5 Å². The number of H-pyrrole nitrogens is 1. The highest BCUT2D eigenvalue weighted by molar-refractivity contribution is 5.22. The first-order valence-corrected chi connectivity index (χ1v) is 8.01. The third-order valence-corrected chi connectivity index (χ3v) is 5.16. The van der Waals surface area contributed by atoms with E-state index in [1.54, 1.807) is 0 Å². The van der Waals surface area contributed by atoms with Crippen LogP contribution in [-0.2, 0) is 13.0 Å². The molecule has 0 spiro atoms. The zero-order valence-corrected chi connectivity index (χ0v) is 12.5. The number of nitrogens with one attached hydrogen (secondary N) is 2. The van der Waals surface area contributed by atoms with Gasteiger partial charge in [-0.25, -0.2) is 9.37 Å². The maximum atomic E-state index is 13.7. The van der Waals surface area contributed by atoms with E-state index < -0.39 is 6.17 Å². The van der Waals surface area contributed by atoms with E-state index in [2.05, 4.69) is 20.2 Å². The smallest absolute Gasteiger partial charge is 0.296 e. The fourth-order valence-electron chi connectivity index (χ4n) is 4.07. The number of aromatic amines is 1. The van der Waals surface area contributed by atoms with Gasteiger partial charge in [0.15, 0.2) is 0 Å². The Morgan fingerprint density at radius 3 is 3.32 bits per heavy atom. The molecule has 2 atom stereocenters. The maximum absolute atomic E-state index is 13.7. The zero-order chi connectivity index (χ0) is 15.2. The molecular formula is C15H21FN4O2. The lowest BCUT2D eigenvalue weighted by Gasteiger charge is -2.31. The summed E-state index contributed by atoms with van der Waals surface area (Å²) in [6.45, 7) is 3.22. The van der Waals surface area contributed by atoms with Crippen molar-refractivity contribution in [1.29, 1.82) is 0 Å². The molecule has 0 unspecified atom stereocenters. The summed E-state index contributed by atoms with van der Waals surface area (Å²) in [5, 5.41) is 3.21. The third kappa shape index (κ3) is 2.32. The first-order chi connectivity index (χ1) is 10.7. The Morgan fingerprint density at radius 1 is 1.50 bits per heavy atom. The largest absolute Gasteiger partial charge is 0.463 e. The molecule has 1 aromatic rings. The molecule has 0 saturated carbocycles. The van der Waals surface area contributed by atoms with Gasteiger partial charge in [0, 0.05) is 25.1 Å². The number of ether oxygens (including phenoxy) is 1. The molecule has 4 heterocycles. The highest BCUT2D eigenvalue weighted by Crippen LogP contribution is 2.40. The summed E-state index contributed by atoms with van der Waals surface area (Å²) < 4.78 is 19.5. The summed E-state index contributed by atoms with van der Waals surface area (Å²) >= 11 is 0. The van der Waals surface area contributed by atoms with Crippen molar-refractivity contribution in [2.45, 2.75) is 43.9 Å². The van der Waals surface area contributed by atoms with Gasteiger partial charge >= 0.3 is 0 Å². The molecule has 0 aromatic carbocycles. The minimum absolute atomic E-state index is 0.114. The van der Waals surface area contributed by atoms with Crippen LogP contribution in [0.1, 0.15) is 30.5 Å². The molecule has 22 heavy (non-hydrogen) atoms. The average Bonchev–Trinajstić information content (AvgIpc) is 3.01. The molecule has 2 fully saturated rings. The van der Waals surface area contributed by atoms with Gasteiger partial charge in [-0.05, 0) is 32.4 Å². The third-order valence-electron chi connectivity index (χ3n) is 5.16. The SMILES string of the molecule is O=c1[nH]c(OC[C@@]23CCCN2C[C@H](F)C3)nc2c1CCNC2. The topological polar surface area (TPSA) is 70.2 Å². The molecule has 0 bridgehead atoms. The van der Waals surface area contributed by atoms with Gasteiger partial charge in [-0.3, -0.25) is 14.7 Å². The highest BCUT2D eigenvalue weighted by atomic mass is 19.1. The summed E-state index contributed by atoms with van der Waals surface area (Å²) in [5.41, 5.74) is 1.18. The zero-order valence-electron chi connectivity index (χ0n) is 12.5.